The van der Waals surface area contributed by atoms with Crippen LogP contribution in [0.5, 0.6) is 0 Å². The molecule has 0 heterocycles. The van der Waals surface area contributed by atoms with Gasteiger partial charge in [0.15, 0.2) is 0 Å². The fraction of sp³-hybridized carbons (Fsp3) is 0.0769. The zero-order chi connectivity index (χ0) is 10.3. The molecule has 0 bridgehead atoms. The van der Waals surface area contributed by atoms with Gasteiger partial charge in [-0.15, -0.1) is 23.5 Å². The topological polar surface area (TPSA) is 0 Å². The first kappa shape index (κ1) is 10.7. The van der Waals surface area contributed by atoms with Gasteiger partial charge in [-0.1, -0.05) is 36.4 Å². The van der Waals surface area contributed by atoms with Crippen molar-refractivity contribution in [2.24, 2.45) is 0 Å². The van der Waals surface area contributed by atoms with Crippen LogP contribution >= 0.6 is 23.5 Å². The highest BCUT2D eigenvalue weighted by atomic mass is 32.2. The summed E-state index contributed by atoms with van der Waals surface area (Å²) < 4.78 is 0. The molecule has 15 heavy (non-hydrogen) atoms. The monoisotopic (exact) mass is 233 g/mol. The van der Waals surface area contributed by atoms with Crippen LogP contribution in [0.1, 0.15) is 0 Å². The van der Waals surface area contributed by atoms with E-state index >= 15 is 0 Å². The number of benzene rings is 2. The smallest absolute Gasteiger partial charge is 0.0486 e. The average molecular weight is 233 g/mol. The van der Waals surface area contributed by atoms with Crippen molar-refractivity contribution in [2.75, 3.05) is 5.08 Å². The zero-order valence-electron chi connectivity index (χ0n) is 8.30. The van der Waals surface area contributed by atoms with Crippen molar-refractivity contribution >= 4 is 23.5 Å². The van der Waals surface area contributed by atoms with E-state index in [0.717, 1.165) is 5.08 Å². The Bertz CT molecular complexity index is 344. The van der Waals surface area contributed by atoms with Gasteiger partial charge in [0.1, 0.15) is 0 Å². The molecule has 0 fully saturated rings. The molecule has 76 valence electrons. The molecule has 0 aliphatic rings. The zero-order valence-corrected chi connectivity index (χ0v) is 9.93. The van der Waals surface area contributed by atoms with E-state index in [9.17, 15) is 0 Å². The van der Waals surface area contributed by atoms with E-state index in [1.807, 2.05) is 35.7 Å². The van der Waals surface area contributed by atoms with E-state index in [1.54, 1.807) is 0 Å². The molecule has 0 nitrogen and oxygen atoms in total. The average Bonchev–Trinajstić information content (AvgIpc) is 2.32. The predicted molar refractivity (Wildman–Crippen MR) is 69.5 cm³/mol. The molecular weight excluding hydrogens is 221 g/mol. The van der Waals surface area contributed by atoms with E-state index in [2.05, 4.69) is 48.5 Å². The number of thioether (sulfide) groups is 2. The Balaban J connectivity index is 1.81. The summed E-state index contributed by atoms with van der Waals surface area (Å²) in [6, 6.07) is 21.0. The van der Waals surface area contributed by atoms with Crippen LogP contribution < -0.4 is 0 Å². The van der Waals surface area contributed by atoms with Gasteiger partial charge in [-0.05, 0) is 24.3 Å². The lowest BCUT2D eigenvalue weighted by Crippen LogP contribution is -1.74. The largest absolute Gasteiger partial charge is 0.115 e. The second-order valence-corrected chi connectivity index (χ2v) is 5.50. The molecule has 0 aliphatic carbocycles. The van der Waals surface area contributed by atoms with E-state index < -0.39 is 0 Å². The first-order valence-corrected chi connectivity index (χ1v) is 6.78. The highest BCUT2D eigenvalue weighted by Crippen LogP contribution is 2.26. The molecule has 2 aromatic carbocycles. The number of hydrogen-bond donors (Lipinski definition) is 0. The lowest BCUT2D eigenvalue weighted by Gasteiger charge is -2.01. The second-order valence-electron chi connectivity index (χ2n) is 3.03. The predicted octanol–water partition coefficient (Wildman–Crippen LogP) is 4.53. The van der Waals surface area contributed by atoms with E-state index in [-0.39, 0.29) is 0 Å². The van der Waals surface area contributed by atoms with Gasteiger partial charge in [0.2, 0.25) is 0 Å². The normalized spacial score (nSPS) is 10.1. The Morgan fingerprint density at radius 3 is 1.40 bits per heavy atom. The minimum Gasteiger partial charge on any atom is -0.115 e. The molecule has 0 spiro atoms. The van der Waals surface area contributed by atoms with E-state index in [4.69, 9.17) is 0 Å². The third-order valence-electron chi connectivity index (χ3n) is 1.94. The molecule has 0 unspecified atom stereocenters. The third kappa shape index (κ3) is 3.65. The lowest BCUT2D eigenvalue weighted by molar-refractivity contribution is 1.46. The summed E-state index contributed by atoms with van der Waals surface area (Å²) in [5.41, 5.74) is 0. The maximum absolute atomic E-state index is 2.15. The molecule has 2 aromatic rings. The van der Waals surface area contributed by atoms with E-state index in [1.165, 1.54) is 9.79 Å². The number of rotatable bonds is 4. The molecular formula is C13H12S2. The molecule has 0 radical (unpaired) electrons. The van der Waals surface area contributed by atoms with Crippen molar-refractivity contribution in [2.45, 2.75) is 9.79 Å². The first-order chi connectivity index (χ1) is 7.45. The van der Waals surface area contributed by atoms with Crippen LogP contribution in [-0.4, -0.2) is 5.08 Å². The first-order valence-electron chi connectivity index (χ1n) is 4.81. The second kappa shape index (κ2) is 5.89. The maximum atomic E-state index is 2.15. The molecule has 2 rings (SSSR count). The highest BCUT2D eigenvalue weighted by molar-refractivity contribution is 8.16. The Morgan fingerprint density at radius 1 is 0.600 bits per heavy atom. The quantitative estimate of drug-likeness (QED) is 0.432. The Morgan fingerprint density at radius 2 is 1.00 bits per heavy atom. The van der Waals surface area contributed by atoms with Gasteiger partial charge in [0, 0.05) is 14.9 Å². The van der Waals surface area contributed by atoms with Gasteiger partial charge >= 0.3 is 0 Å². The summed E-state index contributed by atoms with van der Waals surface area (Å²) >= 11 is 3.76. The summed E-state index contributed by atoms with van der Waals surface area (Å²) in [7, 11) is 0. The third-order valence-corrected chi connectivity index (χ3v) is 4.09. The Hall–Kier alpha value is -0.860. The molecule has 0 atom stereocenters. The summed E-state index contributed by atoms with van der Waals surface area (Å²) in [6.07, 6.45) is 0. The van der Waals surface area contributed by atoms with Gasteiger partial charge in [-0.2, -0.15) is 0 Å². The highest BCUT2D eigenvalue weighted by Gasteiger charge is 1.94. The van der Waals surface area contributed by atoms with Crippen molar-refractivity contribution in [3.8, 4) is 0 Å². The Kier molecular flexibility index (Phi) is 4.18. The van der Waals surface area contributed by atoms with Crippen LogP contribution in [0.3, 0.4) is 0 Å². The van der Waals surface area contributed by atoms with Gasteiger partial charge in [-0.25, -0.2) is 0 Å². The minimum atomic E-state index is 1.06. The van der Waals surface area contributed by atoms with Crippen molar-refractivity contribution in [1.82, 2.24) is 0 Å². The van der Waals surface area contributed by atoms with Crippen LogP contribution in [0, 0.1) is 0 Å². The van der Waals surface area contributed by atoms with Gasteiger partial charge in [0.05, 0.1) is 0 Å². The fourth-order valence-electron chi connectivity index (χ4n) is 1.20. The summed E-state index contributed by atoms with van der Waals surface area (Å²) in [4.78, 5) is 2.67. The lowest BCUT2D eigenvalue weighted by atomic mass is 10.4. The van der Waals surface area contributed by atoms with Gasteiger partial charge in [-0.3, -0.25) is 0 Å². The summed E-state index contributed by atoms with van der Waals surface area (Å²) in [5.74, 6) is 0. The van der Waals surface area contributed by atoms with Gasteiger partial charge in [0.25, 0.3) is 0 Å². The van der Waals surface area contributed by atoms with Gasteiger partial charge < -0.3 is 0 Å². The van der Waals surface area contributed by atoms with Crippen molar-refractivity contribution in [3.63, 3.8) is 0 Å². The van der Waals surface area contributed by atoms with E-state index in [0.29, 0.717) is 0 Å². The number of hydrogen-bond acceptors (Lipinski definition) is 2. The molecule has 2 heteroatoms. The summed E-state index contributed by atoms with van der Waals surface area (Å²) in [5, 5.41) is 1.06. The summed E-state index contributed by atoms with van der Waals surface area (Å²) in [6.45, 7) is 0. The van der Waals surface area contributed by atoms with Crippen LogP contribution in [-0.2, 0) is 0 Å². The van der Waals surface area contributed by atoms with Crippen LogP contribution in [0.4, 0.5) is 0 Å². The maximum Gasteiger partial charge on any atom is 0.0486 e. The molecule has 0 aliphatic heterocycles. The van der Waals surface area contributed by atoms with Crippen LogP contribution in [0.2, 0.25) is 0 Å². The van der Waals surface area contributed by atoms with Crippen molar-refractivity contribution in [1.29, 1.82) is 0 Å². The van der Waals surface area contributed by atoms with Crippen LogP contribution in [0.15, 0.2) is 70.5 Å². The molecule has 0 saturated heterocycles. The molecule has 0 saturated carbocycles. The minimum absolute atomic E-state index is 1.06. The standard InChI is InChI=1S/C13H12S2/c1-3-7-12(8-4-1)14-11-15-13-9-5-2-6-10-13/h1-10H,11H2/i11+1. The molecule has 0 aromatic heterocycles. The van der Waals surface area contributed by atoms with Crippen molar-refractivity contribution < 1.29 is 0 Å². The molecule has 0 amide bonds. The Labute approximate surface area is 99.1 Å². The van der Waals surface area contributed by atoms with Crippen molar-refractivity contribution in [3.05, 3.63) is 60.7 Å². The molecule has 0 N–H and O–H groups in total. The SMILES string of the molecule is c1ccc(S[13CH2]Sc2ccccc2)cc1. The fourth-order valence-corrected chi connectivity index (χ4v) is 3.22. The van der Waals surface area contributed by atoms with Crippen LogP contribution in [0.25, 0.3) is 0 Å².